The molecule has 2 aromatic rings. The van der Waals surface area contributed by atoms with Gasteiger partial charge in [0.1, 0.15) is 5.67 Å². The van der Waals surface area contributed by atoms with Gasteiger partial charge in [0.2, 0.25) is 0 Å². The number of halogens is 4. The summed E-state index contributed by atoms with van der Waals surface area (Å²) < 4.78 is 52.1. The highest BCUT2D eigenvalue weighted by Crippen LogP contribution is 2.36. The second-order valence-corrected chi connectivity index (χ2v) is 10.4. The third-order valence-electron chi connectivity index (χ3n) is 5.75. The van der Waals surface area contributed by atoms with E-state index in [0.717, 1.165) is 23.9 Å². The van der Waals surface area contributed by atoms with Crippen molar-refractivity contribution in [3.63, 3.8) is 0 Å². The molecule has 258 valence electrons. The Morgan fingerprint density at radius 3 is 1.84 bits per heavy atom. The van der Waals surface area contributed by atoms with Crippen LogP contribution in [0, 0.1) is 12.8 Å². The maximum absolute atomic E-state index is 13.6. The van der Waals surface area contributed by atoms with Crippen LogP contribution in [0.2, 0.25) is 0 Å². The molecule has 0 heterocycles. The van der Waals surface area contributed by atoms with Crippen LogP contribution in [0.4, 0.5) is 17.6 Å². The lowest BCUT2D eigenvalue weighted by molar-refractivity contribution is -0.138. The molecule has 5 heteroatoms. The minimum absolute atomic E-state index is 0.0599. The molecule has 0 aliphatic heterocycles. The van der Waals surface area contributed by atoms with Crippen LogP contribution in [-0.4, -0.2) is 6.54 Å². The van der Waals surface area contributed by atoms with E-state index in [-0.39, 0.29) is 11.1 Å². The highest BCUT2D eigenvalue weighted by molar-refractivity contribution is 5.69. The molecule has 2 aromatic carbocycles. The molecule has 0 spiro atoms. The fourth-order valence-corrected chi connectivity index (χ4v) is 3.59. The fraction of sp³-hybridized carbons (Fsp3) is 0.500. The van der Waals surface area contributed by atoms with Crippen molar-refractivity contribution in [2.75, 3.05) is 6.54 Å². The first kappa shape index (κ1) is 48.8. The van der Waals surface area contributed by atoms with Crippen LogP contribution in [0.25, 0.3) is 12.2 Å². The Labute approximate surface area is 275 Å². The quantitative estimate of drug-likeness (QED) is 0.164. The van der Waals surface area contributed by atoms with Crippen LogP contribution in [0.5, 0.6) is 0 Å². The van der Waals surface area contributed by atoms with Gasteiger partial charge >= 0.3 is 6.18 Å². The Bertz CT molecular complexity index is 1100. The van der Waals surface area contributed by atoms with E-state index >= 15 is 0 Å². The summed E-state index contributed by atoms with van der Waals surface area (Å²) in [6.07, 6.45) is 2.38. The molecular formula is C40H65F4N. The summed E-state index contributed by atoms with van der Waals surface area (Å²) in [7, 11) is 0. The van der Waals surface area contributed by atoms with Crippen molar-refractivity contribution in [3.05, 3.63) is 107 Å². The second kappa shape index (κ2) is 27.2. The predicted molar refractivity (Wildman–Crippen MR) is 196 cm³/mol. The third kappa shape index (κ3) is 21.3. The van der Waals surface area contributed by atoms with Gasteiger partial charge in [-0.2, -0.15) is 13.2 Å². The van der Waals surface area contributed by atoms with Crippen molar-refractivity contribution >= 4 is 12.2 Å². The van der Waals surface area contributed by atoms with Crippen LogP contribution in [0.15, 0.2) is 73.5 Å². The lowest BCUT2D eigenvalue weighted by Crippen LogP contribution is -2.18. The zero-order valence-electron chi connectivity index (χ0n) is 31.0. The molecule has 0 bridgehead atoms. The second-order valence-electron chi connectivity index (χ2n) is 10.4. The third-order valence-corrected chi connectivity index (χ3v) is 5.75. The average Bonchev–Trinajstić information content (AvgIpc) is 2.99. The first-order chi connectivity index (χ1) is 21.0. The highest BCUT2D eigenvalue weighted by Gasteiger charge is 2.34. The topological polar surface area (TPSA) is 12.0 Å². The van der Waals surface area contributed by atoms with E-state index in [4.69, 9.17) is 0 Å². The van der Waals surface area contributed by atoms with Gasteiger partial charge in [0.15, 0.2) is 0 Å². The van der Waals surface area contributed by atoms with Gasteiger partial charge in [-0.1, -0.05) is 124 Å². The number of rotatable bonds is 9. The predicted octanol–water partition coefficient (Wildman–Crippen LogP) is 13.9. The van der Waals surface area contributed by atoms with Crippen molar-refractivity contribution in [3.8, 4) is 0 Å². The van der Waals surface area contributed by atoms with Gasteiger partial charge in [-0.05, 0) is 92.5 Å². The summed E-state index contributed by atoms with van der Waals surface area (Å²) >= 11 is 0. The molecule has 1 N–H and O–H groups in total. The minimum atomic E-state index is -4.42. The lowest BCUT2D eigenvalue weighted by atomic mass is 9.93. The molecule has 0 unspecified atom stereocenters. The van der Waals surface area contributed by atoms with Crippen LogP contribution in [0.3, 0.4) is 0 Å². The molecule has 0 aliphatic carbocycles. The van der Waals surface area contributed by atoms with E-state index in [0.29, 0.717) is 18.8 Å². The van der Waals surface area contributed by atoms with Crippen molar-refractivity contribution < 1.29 is 17.6 Å². The summed E-state index contributed by atoms with van der Waals surface area (Å²) in [4.78, 5) is 0. The van der Waals surface area contributed by atoms with Gasteiger partial charge in [0, 0.05) is 12.2 Å². The molecule has 0 radical (unpaired) electrons. The highest BCUT2D eigenvalue weighted by atomic mass is 19.4. The molecule has 0 atom stereocenters. The molecular weight excluding hydrogens is 570 g/mol. The standard InChI is InChI=1S/C18H25N.C13H16F4.C3H6.3C2H6/c1-7-18-14(4)9-8-10-17(18)11-15(5)16(6)19-12-13(2)3;1-4-5-9-6-7-10(12(2,3)14)8-11(9)13(15,16)17;1-3-2;3*1-2/h7-11,13,19H,1,6,12H2,2-5H3;6-8H,4-5H2,1-3H3;3H,1H2,2H3;3*1-2H3/b15-11+;;;;;. The Morgan fingerprint density at radius 2 is 1.44 bits per heavy atom. The van der Waals surface area contributed by atoms with Crippen LogP contribution >= 0.6 is 0 Å². The summed E-state index contributed by atoms with van der Waals surface area (Å²) in [5, 5.41) is 3.37. The van der Waals surface area contributed by atoms with Gasteiger partial charge in [0.25, 0.3) is 0 Å². The number of aryl methyl sites for hydroxylation is 2. The Hall–Kier alpha value is -3.08. The van der Waals surface area contributed by atoms with Gasteiger partial charge in [-0.25, -0.2) is 4.39 Å². The SMILES string of the molecule is C=CC.C=Cc1c(C)cccc1/C=C(\C)C(=C)NCC(C)C.CC.CC.CC.CCCc1ccc(C(C)(C)F)cc1C(F)(F)F. The number of allylic oxidation sites excluding steroid dienone is 2. The molecule has 0 aliphatic rings. The largest absolute Gasteiger partial charge is 0.416 e. The number of alkyl halides is 4. The normalized spacial score (nSPS) is 10.4. The first-order valence-corrected chi connectivity index (χ1v) is 16.3. The molecule has 0 fully saturated rings. The van der Waals surface area contributed by atoms with Crippen LogP contribution in [-0.2, 0) is 18.3 Å². The van der Waals surface area contributed by atoms with Crippen molar-refractivity contribution in [2.24, 2.45) is 5.92 Å². The van der Waals surface area contributed by atoms with Gasteiger partial charge in [-0.15, -0.1) is 6.58 Å². The number of nitrogens with one attached hydrogen (secondary N) is 1. The smallest absolute Gasteiger partial charge is 0.385 e. The summed E-state index contributed by atoms with van der Waals surface area (Å²) in [6.45, 7) is 39.1. The van der Waals surface area contributed by atoms with Crippen molar-refractivity contribution in [1.82, 2.24) is 5.32 Å². The number of hydrogen-bond acceptors (Lipinski definition) is 1. The van der Waals surface area contributed by atoms with E-state index in [1.54, 1.807) is 6.08 Å². The van der Waals surface area contributed by atoms with Gasteiger partial charge in [0.05, 0.1) is 5.56 Å². The monoisotopic (exact) mass is 636 g/mol. The van der Waals surface area contributed by atoms with Crippen LogP contribution in [0.1, 0.15) is 130 Å². The summed E-state index contributed by atoms with van der Waals surface area (Å²) in [5.41, 5.74) is 3.60. The molecule has 0 amide bonds. The molecule has 2 rings (SSSR count). The number of benzene rings is 2. The van der Waals surface area contributed by atoms with Crippen LogP contribution < -0.4 is 5.32 Å². The molecule has 0 saturated heterocycles. The molecule has 1 nitrogen and oxygen atoms in total. The fourth-order valence-electron chi connectivity index (χ4n) is 3.59. The van der Waals surface area contributed by atoms with E-state index in [2.05, 4.69) is 77.0 Å². The maximum atomic E-state index is 13.6. The van der Waals surface area contributed by atoms with Gasteiger partial charge in [-0.3, -0.25) is 0 Å². The minimum Gasteiger partial charge on any atom is -0.385 e. The number of hydrogen-bond donors (Lipinski definition) is 1. The Kier molecular flexibility index (Phi) is 29.6. The van der Waals surface area contributed by atoms with E-state index in [1.165, 1.54) is 42.7 Å². The summed E-state index contributed by atoms with van der Waals surface area (Å²) in [5.74, 6) is 0.618. The van der Waals surface area contributed by atoms with Gasteiger partial charge < -0.3 is 5.32 Å². The van der Waals surface area contributed by atoms with E-state index < -0.39 is 17.4 Å². The maximum Gasteiger partial charge on any atom is 0.416 e. The van der Waals surface area contributed by atoms with E-state index in [1.807, 2.05) is 61.5 Å². The van der Waals surface area contributed by atoms with E-state index in [9.17, 15) is 17.6 Å². The zero-order chi connectivity index (χ0) is 36.4. The molecule has 0 aromatic heterocycles. The molecule has 45 heavy (non-hydrogen) atoms. The first-order valence-electron chi connectivity index (χ1n) is 16.3. The average molecular weight is 636 g/mol. The van der Waals surface area contributed by atoms with Crippen molar-refractivity contribution in [1.29, 1.82) is 0 Å². The lowest BCUT2D eigenvalue weighted by Gasteiger charge is -2.19. The zero-order valence-corrected chi connectivity index (χ0v) is 31.0. The Morgan fingerprint density at radius 1 is 0.933 bits per heavy atom. The summed E-state index contributed by atoms with van der Waals surface area (Å²) in [6, 6.07) is 10.0. The Balaban J connectivity index is -0.000000298. The molecule has 0 saturated carbocycles. The van der Waals surface area contributed by atoms with Crippen molar-refractivity contribution in [2.45, 2.75) is 122 Å².